The Kier molecular flexibility index (Phi) is 22.2. The number of ether oxygens (including phenoxy) is 3. The molecule has 0 saturated heterocycles. The van der Waals surface area contributed by atoms with E-state index in [4.69, 9.17) is 34.6 Å². The van der Waals surface area contributed by atoms with Crippen molar-refractivity contribution in [1.82, 2.24) is 0 Å². The molecule has 0 aliphatic carbocycles. The first-order valence-corrected chi connectivity index (χ1v) is 6.50. The van der Waals surface area contributed by atoms with Crippen LogP contribution >= 0.6 is 0 Å². The van der Waals surface area contributed by atoms with Crippen LogP contribution in [-0.4, -0.2) is 79.6 Å². The minimum absolute atomic E-state index is 0.0413. The van der Waals surface area contributed by atoms with Crippen molar-refractivity contribution < 1.29 is 34.6 Å². The van der Waals surface area contributed by atoms with Crippen molar-refractivity contribution in [2.75, 3.05) is 52.9 Å². The number of rotatable bonds is 12. The highest BCUT2D eigenvalue weighted by Crippen LogP contribution is 1.88. The van der Waals surface area contributed by atoms with Crippen LogP contribution in [0.4, 0.5) is 0 Å². The maximum atomic E-state index is 8.36. The van der Waals surface area contributed by atoms with Crippen molar-refractivity contribution in [3.05, 3.63) is 0 Å². The van der Waals surface area contributed by atoms with E-state index in [1.54, 1.807) is 0 Å². The molecule has 0 bridgehead atoms. The smallest absolute Gasteiger partial charge is 0.151 e. The maximum Gasteiger partial charge on any atom is 0.151 e. The number of aliphatic hydroxyl groups is 4. The third kappa shape index (κ3) is 27.1. The number of aliphatic hydroxyl groups excluding tert-OH is 3. The summed E-state index contributed by atoms with van der Waals surface area (Å²) in [6.07, 6.45) is 0.215. The molecule has 7 heteroatoms. The van der Waals surface area contributed by atoms with Gasteiger partial charge >= 0.3 is 0 Å². The summed E-state index contributed by atoms with van der Waals surface area (Å²) in [5.41, 5.74) is 0. The van der Waals surface area contributed by atoms with Gasteiger partial charge in [0.05, 0.1) is 52.9 Å². The molecule has 0 atom stereocenters. The Morgan fingerprint density at radius 1 is 0.737 bits per heavy atom. The lowest BCUT2D eigenvalue weighted by molar-refractivity contribution is -0.0453. The van der Waals surface area contributed by atoms with Crippen LogP contribution in [0.1, 0.15) is 19.8 Å². The highest BCUT2D eigenvalue weighted by molar-refractivity contribution is 4.33. The Morgan fingerprint density at radius 2 is 1.11 bits per heavy atom. The van der Waals surface area contributed by atoms with Gasteiger partial charge < -0.3 is 34.6 Å². The van der Waals surface area contributed by atoms with Gasteiger partial charge in [0.1, 0.15) is 0 Å². The fraction of sp³-hybridized carbons (Fsp3) is 1.00. The van der Waals surface area contributed by atoms with Crippen LogP contribution < -0.4 is 0 Å². The first-order valence-electron chi connectivity index (χ1n) is 6.50. The van der Waals surface area contributed by atoms with Gasteiger partial charge in [-0.1, -0.05) is 13.3 Å². The van der Waals surface area contributed by atoms with Crippen LogP contribution in [0.25, 0.3) is 0 Å². The molecular weight excluding hydrogens is 256 g/mol. The summed E-state index contributed by atoms with van der Waals surface area (Å²) in [5.74, 6) is 0. The quantitative estimate of drug-likeness (QED) is 0.272. The van der Waals surface area contributed by atoms with Gasteiger partial charge in [0.2, 0.25) is 0 Å². The average molecular weight is 284 g/mol. The van der Waals surface area contributed by atoms with Crippen LogP contribution in [0.2, 0.25) is 0 Å². The second-order valence-corrected chi connectivity index (χ2v) is 3.55. The summed E-state index contributed by atoms with van der Waals surface area (Å²) in [6.45, 7) is 4.67. The third-order valence-electron chi connectivity index (χ3n) is 1.76. The lowest BCUT2D eigenvalue weighted by atomic mass is 10.3. The Labute approximate surface area is 114 Å². The molecular formula is C12H28O7. The Morgan fingerprint density at radius 3 is 1.32 bits per heavy atom. The van der Waals surface area contributed by atoms with E-state index >= 15 is 0 Å². The van der Waals surface area contributed by atoms with Gasteiger partial charge in [-0.25, -0.2) is 0 Å². The molecule has 19 heavy (non-hydrogen) atoms. The van der Waals surface area contributed by atoms with E-state index in [0.717, 1.165) is 6.42 Å². The molecule has 0 spiro atoms. The van der Waals surface area contributed by atoms with Crippen molar-refractivity contribution in [2.45, 2.75) is 26.1 Å². The summed E-state index contributed by atoms with van der Waals surface area (Å²) in [7, 11) is 0. The third-order valence-corrected chi connectivity index (χ3v) is 1.76. The van der Waals surface area contributed by atoms with Gasteiger partial charge in [-0.15, -0.1) is 0 Å². The number of hydrogen-bond donors (Lipinski definition) is 4. The van der Waals surface area contributed by atoms with Gasteiger partial charge in [0, 0.05) is 0 Å². The Balaban J connectivity index is 0. The molecule has 0 aromatic heterocycles. The molecule has 0 aliphatic heterocycles. The highest BCUT2D eigenvalue weighted by atomic mass is 16.5. The highest BCUT2D eigenvalue weighted by Gasteiger charge is 1.90. The van der Waals surface area contributed by atoms with Crippen molar-refractivity contribution in [2.24, 2.45) is 0 Å². The van der Waals surface area contributed by atoms with E-state index in [2.05, 4.69) is 0 Å². The van der Waals surface area contributed by atoms with Crippen molar-refractivity contribution >= 4 is 0 Å². The van der Waals surface area contributed by atoms with E-state index in [1.807, 2.05) is 6.92 Å². The first-order chi connectivity index (χ1) is 9.18. The molecule has 0 unspecified atom stereocenters. The van der Waals surface area contributed by atoms with Crippen molar-refractivity contribution in [1.29, 1.82) is 0 Å². The largest absolute Gasteiger partial charge is 0.394 e. The van der Waals surface area contributed by atoms with Crippen molar-refractivity contribution in [3.8, 4) is 0 Å². The second-order valence-electron chi connectivity index (χ2n) is 3.55. The predicted octanol–water partition coefficient (Wildman–Crippen LogP) is -0.882. The van der Waals surface area contributed by atoms with Gasteiger partial charge in [-0.05, 0) is 6.42 Å². The van der Waals surface area contributed by atoms with E-state index in [9.17, 15) is 0 Å². The predicted molar refractivity (Wildman–Crippen MR) is 69.8 cm³/mol. The molecule has 0 rings (SSSR count). The topological polar surface area (TPSA) is 109 Å². The van der Waals surface area contributed by atoms with Crippen LogP contribution in [0.15, 0.2) is 0 Å². The lowest BCUT2D eigenvalue weighted by Crippen LogP contribution is -2.11. The lowest BCUT2D eigenvalue weighted by Gasteiger charge is -2.04. The van der Waals surface area contributed by atoms with Gasteiger partial charge in [0.25, 0.3) is 0 Å². The standard InChI is InChI=1S/C8H18O5.C4H10O2/c9-1-3-11-5-7-13-8-6-12-4-2-10;1-2-3-4(5)6/h9-10H,1-8H2;4-6H,2-3H2,1H3. The molecule has 4 N–H and O–H groups in total. The molecule has 118 valence electrons. The van der Waals surface area contributed by atoms with E-state index < -0.39 is 6.29 Å². The molecule has 0 fully saturated rings. The molecule has 0 aromatic carbocycles. The van der Waals surface area contributed by atoms with Crippen LogP contribution in [-0.2, 0) is 14.2 Å². The summed E-state index contributed by atoms with van der Waals surface area (Å²) >= 11 is 0. The summed E-state index contributed by atoms with van der Waals surface area (Å²) in [6, 6.07) is 0. The number of hydrogen-bond acceptors (Lipinski definition) is 7. The minimum atomic E-state index is -1.10. The van der Waals surface area contributed by atoms with Crippen LogP contribution in [0.3, 0.4) is 0 Å². The fourth-order valence-electron chi connectivity index (χ4n) is 0.929. The van der Waals surface area contributed by atoms with Crippen LogP contribution in [0, 0.1) is 0 Å². The molecule has 0 aliphatic rings. The zero-order valence-corrected chi connectivity index (χ0v) is 11.7. The Hall–Kier alpha value is -0.280. The van der Waals surface area contributed by atoms with Crippen LogP contribution in [0.5, 0.6) is 0 Å². The molecule has 0 amide bonds. The molecule has 0 aromatic rings. The second kappa shape index (κ2) is 20.0. The summed E-state index contributed by atoms with van der Waals surface area (Å²) < 4.78 is 15.0. The molecule has 0 saturated carbocycles. The summed E-state index contributed by atoms with van der Waals surface area (Å²) in [4.78, 5) is 0. The fourth-order valence-corrected chi connectivity index (χ4v) is 0.929. The molecule has 0 heterocycles. The first kappa shape index (κ1) is 21.0. The monoisotopic (exact) mass is 284 g/mol. The zero-order chi connectivity index (χ0) is 14.8. The van der Waals surface area contributed by atoms with Crippen molar-refractivity contribution in [3.63, 3.8) is 0 Å². The van der Waals surface area contributed by atoms with E-state index in [1.165, 1.54) is 0 Å². The molecule has 7 nitrogen and oxygen atoms in total. The average Bonchev–Trinajstić information content (AvgIpc) is 2.37. The normalized spacial score (nSPS) is 10.4. The summed E-state index contributed by atoms with van der Waals surface area (Å²) in [5, 5.41) is 32.9. The van der Waals surface area contributed by atoms with Gasteiger partial charge in [0.15, 0.2) is 6.29 Å². The zero-order valence-electron chi connectivity index (χ0n) is 11.7. The van der Waals surface area contributed by atoms with Gasteiger partial charge in [-0.3, -0.25) is 0 Å². The minimum Gasteiger partial charge on any atom is -0.394 e. The SMILES string of the molecule is CCCC(O)O.OCCOCCOCCOCCO. The molecule has 0 radical (unpaired) electrons. The maximum absolute atomic E-state index is 8.36. The van der Waals surface area contributed by atoms with Gasteiger partial charge in [-0.2, -0.15) is 0 Å². The Bertz CT molecular complexity index is 134. The van der Waals surface area contributed by atoms with E-state index in [-0.39, 0.29) is 13.2 Å². The van der Waals surface area contributed by atoms with E-state index in [0.29, 0.717) is 46.1 Å².